The predicted molar refractivity (Wildman–Crippen MR) is 122 cm³/mol. The summed E-state index contributed by atoms with van der Waals surface area (Å²) in [4.78, 5) is 8.61. The van der Waals surface area contributed by atoms with Crippen LogP contribution in [0.4, 0.5) is 4.39 Å². The fourth-order valence-corrected chi connectivity index (χ4v) is 2.90. The predicted octanol–water partition coefficient (Wildman–Crippen LogP) is 3.84. The molecule has 2 rings (SSSR count). The Morgan fingerprint density at radius 2 is 2.11 bits per heavy atom. The molecule has 1 aromatic carbocycles. The molecule has 0 fully saturated rings. The van der Waals surface area contributed by atoms with Gasteiger partial charge in [-0.2, -0.15) is 11.8 Å². The summed E-state index contributed by atoms with van der Waals surface area (Å²) in [6, 6.07) is 8.58. The molecule has 0 aliphatic rings. The first-order valence-corrected chi connectivity index (χ1v) is 9.93. The highest BCUT2D eigenvalue weighted by molar-refractivity contribution is 14.0. The van der Waals surface area contributed by atoms with Gasteiger partial charge in [-0.15, -0.1) is 24.0 Å². The number of nitrogens with one attached hydrogen (secondary N) is 2. The van der Waals surface area contributed by atoms with Crippen LogP contribution in [0.5, 0.6) is 5.75 Å². The van der Waals surface area contributed by atoms with E-state index < -0.39 is 0 Å². The first-order valence-electron chi connectivity index (χ1n) is 8.54. The van der Waals surface area contributed by atoms with Gasteiger partial charge in [0.25, 0.3) is 0 Å². The van der Waals surface area contributed by atoms with Gasteiger partial charge in [-0.05, 0) is 48.6 Å². The standard InChI is InChI=1S/C19H25FN4OS.HI/c1-3-22-19(23-9-10-25-18-5-4-8-21-13-18)24-12-15-6-7-17(20)11-16(15)14-26-2;/h4-8,11,13H,3,9-10,12,14H2,1-2H3,(H2,22,23,24);1H. The third kappa shape index (κ3) is 8.79. The second kappa shape index (κ2) is 13.6. The number of hydrogen-bond donors (Lipinski definition) is 2. The monoisotopic (exact) mass is 504 g/mol. The Balaban J connectivity index is 0.00000364. The first kappa shape index (κ1) is 23.5. The molecule has 148 valence electrons. The molecule has 0 atom stereocenters. The molecule has 2 aromatic rings. The number of halogens is 2. The van der Waals surface area contributed by atoms with E-state index in [1.807, 2.05) is 25.3 Å². The number of hydrogen-bond acceptors (Lipinski definition) is 4. The molecular weight excluding hydrogens is 478 g/mol. The summed E-state index contributed by atoms with van der Waals surface area (Å²) in [6.45, 7) is 4.39. The molecule has 27 heavy (non-hydrogen) atoms. The smallest absolute Gasteiger partial charge is 0.191 e. The molecule has 0 spiro atoms. The highest BCUT2D eigenvalue weighted by Gasteiger charge is 2.05. The molecule has 0 unspecified atom stereocenters. The van der Waals surface area contributed by atoms with Crippen molar-refractivity contribution < 1.29 is 9.13 Å². The van der Waals surface area contributed by atoms with Gasteiger partial charge in [0.2, 0.25) is 0 Å². The van der Waals surface area contributed by atoms with E-state index in [0.717, 1.165) is 29.2 Å². The second-order valence-corrected chi connectivity index (χ2v) is 6.37. The molecule has 0 radical (unpaired) electrons. The lowest BCUT2D eigenvalue weighted by Gasteiger charge is -2.13. The quantitative estimate of drug-likeness (QED) is 0.235. The average molecular weight is 504 g/mol. The van der Waals surface area contributed by atoms with Crippen molar-refractivity contribution in [2.45, 2.75) is 19.2 Å². The Hall–Kier alpha value is -1.55. The number of nitrogens with zero attached hydrogens (tertiary/aromatic N) is 2. The van der Waals surface area contributed by atoms with E-state index in [4.69, 9.17) is 4.74 Å². The number of pyridine rings is 1. The molecule has 1 heterocycles. The minimum Gasteiger partial charge on any atom is -0.490 e. The van der Waals surface area contributed by atoms with Crippen LogP contribution in [-0.2, 0) is 12.3 Å². The molecule has 0 amide bonds. The van der Waals surface area contributed by atoms with Crippen LogP contribution >= 0.6 is 35.7 Å². The first-order chi connectivity index (χ1) is 12.7. The summed E-state index contributed by atoms with van der Waals surface area (Å²) < 4.78 is 19.1. The zero-order valence-electron chi connectivity index (χ0n) is 15.6. The van der Waals surface area contributed by atoms with Gasteiger partial charge in [-0.25, -0.2) is 9.38 Å². The van der Waals surface area contributed by atoms with Gasteiger partial charge >= 0.3 is 0 Å². The van der Waals surface area contributed by atoms with Crippen LogP contribution < -0.4 is 15.4 Å². The normalized spacial score (nSPS) is 10.9. The number of guanidine groups is 1. The van der Waals surface area contributed by atoms with Gasteiger partial charge in [0.05, 0.1) is 19.3 Å². The molecule has 0 saturated heterocycles. The molecule has 8 heteroatoms. The fourth-order valence-electron chi connectivity index (χ4n) is 2.32. The van der Waals surface area contributed by atoms with Crippen molar-refractivity contribution in [1.82, 2.24) is 15.6 Å². The van der Waals surface area contributed by atoms with Gasteiger partial charge in [0, 0.05) is 18.5 Å². The Labute approximate surface area is 181 Å². The SMILES string of the molecule is CCNC(=NCc1ccc(F)cc1CSC)NCCOc1cccnc1.I. The van der Waals surface area contributed by atoms with Gasteiger partial charge in [-0.3, -0.25) is 4.98 Å². The molecule has 0 bridgehead atoms. The average Bonchev–Trinajstić information content (AvgIpc) is 2.65. The fraction of sp³-hybridized carbons (Fsp3) is 0.368. The van der Waals surface area contributed by atoms with Crippen molar-refractivity contribution >= 4 is 41.7 Å². The van der Waals surface area contributed by atoms with Crippen LogP contribution in [0, 0.1) is 5.82 Å². The zero-order valence-corrected chi connectivity index (χ0v) is 18.7. The summed E-state index contributed by atoms with van der Waals surface area (Å²) in [6.07, 6.45) is 5.40. The van der Waals surface area contributed by atoms with E-state index >= 15 is 0 Å². The molecule has 0 aliphatic carbocycles. The molecular formula is C19H26FIN4OS. The van der Waals surface area contributed by atoms with Crippen LogP contribution in [0.25, 0.3) is 0 Å². The number of benzene rings is 1. The minimum atomic E-state index is -0.209. The van der Waals surface area contributed by atoms with Crippen LogP contribution in [0.15, 0.2) is 47.7 Å². The maximum Gasteiger partial charge on any atom is 0.191 e. The van der Waals surface area contributed by atoms with E-state index in [2.05, 4.69) is 20.6 Å². The number of ether oxygens (including phenoxy) is 1. The lowest BCUT2D eigenvalue weighted by Crippen LogP contribution is -2.39. The molecule has 0 saturated carbocycles. The Morgan fingerprint density at radius 3 is 2.81 bits per heavy atom. The van der Waals surface area contributed by atoms with Crippen LogP contribution in [0.1, 0.15) is 18.1 Å². The molecule has 5 nitrogen and oxygen atoms in total. The van der Waals surface area contributed by atoms with Gasteiger partial charge in [-0.1, -0.05) is 6.07 Å². The van der Waals surface area contributed by atoms with E-state index in [1.165, 1.54) is 6.07 Å². The van der Waals surface area contributed by atoms with Crippen molar-refractivity contribution in [3.05, 3.63) is 59.7 Å². The summed E-state index contributed by atoms with van der Waals surface area (Å²) in [7, 11) is 0. The summed E-state index contributed by atoms with van der Waals surface area (Å²) >= 11 is 1.67. The van der Waals surface area contributed by atoms with Crippen LogP contribution in [0.3, 0.4) is 0 Å². The topological polar surface area (TPSA) is 58.5 Å². The number of aromatic nitrogens is 1. The second-order valence-electron chi connectivity index (χ2n) is 5.51. The summed E-state index contributed by atoms with van der Waals surface area (Å²) in [5.41, 5.74) is 2.02. The summed E-state index contributed by atoms with van der Waals surface area (Å²) in [5.74, 6) is 2.01. The van der Waals surface area contributed by atoms with E-state index in [0.29, 0.717) is 25.7 Å². The van der Waals surface area contributed by atoms with Crippen molar-refractivity contribution in [3.63, 3.8) is 0 Å². The molecule has 0 aliphatic heterocycles. The van der Waals surface area contributed by atoms with Crippen molar-refractivity contribution in [1.29, 1.82) is 0 Å². The van der Waals surface area contributed by atoms with Crippen LogP contribution in [0.2, 0.25) is 0 Å². The number of rotatable bonds is 9. The largest absolute Gasteiger partial charge is 0.490 e. The maximum absolute atomic E-state index is 13.4. The van der Waals surface area contributed by atoms with Crippen molar-refractivity contribution in [3.8, 4) is 5.75 Å². The van der Waals surface area contributed by atoms with Crippen LogP contribution in [-0.4, -0.2) is 36.9 Å². The Kier molecular flexibility index (Phi) is 11.8. The number of aliphatic imine (C=N–C) groups is 1. The van der Waals surface area contributed by atoms with E-state index in [9.17, 15) is 4.39 Å². The van der Waals surface area contributed by atoms with Gasteiger partial charge < -0.3 is 15.4 Å². The molecule has 2 N–H and O–H groups in total. The highest BCUT2D eigenvalue weighted by atomic mass is 127. The summed E-state index contributed by atoms with van der Waals surface area (Å²) in [5, 5.41) is 6.44. The van der Waals surface area contributed by atoms with Gasteiger partial charge in [0.15, 0.2) is 5.96 Å². The number of thioether (sulfide) groups is 1. The third-order valence-corrected chi connectivity index (χ3v) is 4.12. The molecule has 1 aromatic heterocycles. The Morgan fingerprint density at radius 1 is 1.26 bits per heavy atom. The highest BCUT2D eigenvalue weighted by Crippen LogP contribution is 2.17. The van der Waals surface area contributed by atoms with E-state index in [-0.39, 0.29) is 29.8 Å². The van der Waals surface area contributed by atoms with Crippen molar-refractivity contribution in [2.24, 2.45) is 4.99 Å². The zero-order chi connectivity index (χ0) is 18.6. The maximum atomic E-state index is 13.4. The van der Waals surface area contributed by atoms with E-state index in [1.54, 1.807) is 36.3 Å². The third-order valence-electron chi connectivity index (χ3n) is 3.52. The Bertz CT molecular complexity index is 703. The lowest BCUT2D eigenvalue weighted by molar-refractivity contribution is 0.320. The van der Waals surface area contributed by atoms with Gasteiger partial charge in [0.1, 0.15) is 18.2 Å². The lowest BCUT2D eigenvalue weighted by atomic mass is 10.1. The van der Waals surface area contributed by atoms with Crippen molar-refractivity contribution in [2.75, 3.05) is 26.0 Å². The minimum absolute atomic E-state index is 0.